The zero-order valence-corrected chi connectivity index (χ0v) is 17.0. The zero-order chi connectivity index (χ0) is 21.3. The molecule has 0 spiro atoms. The van der Waals surface area contributed by atoms with Gasteiger partial charge in [-0.2, -0.15) is 0 Å². The molecule has 9 nitrogen and oxygen atoms in total. The van der Waals surface area contributed by atoms with Crippen molar-refractivity contribution in [1.82, 2.24) is 16.0 Å². The smallest absolute Gasteiger partial charge is 0.326 e. The van der Waals surface area contributed by atoms with Gasteiger partial charge in [0.1, 0.15) is 18.1 Å². The molecule has 0 fully saturated rings. The maximum Gasteiger partial charge on any atom is 0.326 e. The third-order valence-corrected chi connectivity index (χ3v) is 3.89. The summed E-state index contributed by atoms with van der Waals surface area (Å²) >= 11 is 0. The molecule has 9 heteroatoms. The van der Waals surface area contributed by atoms with E-state index in [1.165, 1.54) is 13.8 Å². The zero-order valence-electron chi connectivity index (χ0n) is 17.0. The van der Waals surface area contributed by atoms with Crippen LogP contribution in [0, 0.1) is 11.8 Å². The Morgan fingerprint density at radius 2 is 1.15 bits per heavy atom. The molecule has 3 amide bonds. The highest BCUT2D eigenvalue weighted by atomic mass is 16.4. The average Bonchev–Trinajstić information content (AvgIpc) is 2.52. The van der Waals surface area contributed by atoms with E-state index in [0.29, 0.717) is 6.42 Å². The Labute approximate surface area is 160 Å². The SMILES string of the molecule is CC(C)CC(N)C(=O)NC(C)C(=O)NC(C)C(=O)NC(CC(C)C)C(=O)O. The molecule has 0 rings (SSSR count). The van der Waals surface area contributed by atoms with Crippen molar-refractivity contribution < 1.29 is 24.3 Å². The molecule has 0 aliphatic heterocycles. The van der Waals surface area contributed by atoms with E-state index < -0.39 is 47.9 Å². The van der Waals surface area contributed by atoms with Crippen molar-refractivity contribution in [3.05, 3.63) is 0 Å². The maximum atomic E-state index is 12.2. The summed E-state index contributed by atoms with van der Waals surface area (Å²) < 4.78 is 0. The van der Waals surface area contributed by atoms with E-state index in [2.05, 4.69) is 16.0 Å². The van der Waals surface area contributed by atoms with Gasteiger partial charge >= 0.3 is 5.97 Å². The summed E-state index contributed by atoms with van der Waals surface area (Å²) in [6.45, 7) is 10.5. The second-order valence-corrected chi connectivity index (χ2v) is 7.73. The highest BCUT2D eigenvalue weighted by Gasteiger charge is 2.26. The van der Waals surface area contributed by atoms with Gasteiger partial charge in [-0.25, -0.2) is 4.79 Å². The van der Waals surface area contributed by atoms with Crippen molar-refractivity contribution in [1.29, 1.82) is 0 Å². The van der Waals surface area contributed by atoms with Crippen LogP contribution in [0.15, 0.2) is 0 Å². The predicted molar refractivity (Wildman–Crippen MR) is 102 cm³/mol. The van der Waals surface area contributed by atoms with Crippen LogP contribution in [0.5, 0.6) is 0 Å². The van der Waals surface area contributed by atoms with Gasteiger partial charge in [0, 0.05) is 0 Å². The van der Waals surface area contributed by atoms with Crippen LogP contribution in [-0.4, -0.2) is 53.0 Å². The lowest BCUT2D eigenvalue weighted by Gasteiger charge is -2.22. The monoisotopic (exact) mass is 386 g/mol. The summed E-state index contributed by atoms with van der Waals surface area (Å²) in [5.74, 6) is -2.40. The lowest BCUT2D eigenvalue weighted by molar-refractivity contribution is -0.142. The minimum atomic E-state index is -1.13. The summed E-state index contributed by atoms with van der Waals surface area (Å²) in [6, 6.07) is -3.57. The van der Waals surface area contributed by atoms with Crippen molar-refractivity contribution in [2.24, 2.45) is 17.6 Å². The van der Waals surface area contributed by atoms with Gasteiger partial charge in [-0.05, 0) is 38.5 Å². The summed E-state index contributed by atoms with van der Waals surface area (Å²) in [4.78, 5) is 47.5. The molecule has 27 heavy (non-hydrogen) atoms. The number of carboxylic acid groups (broad SMARTS) is 1. The Balaban J connectivity index is 4.63. The van der Waals surface area contributed by atoms with Crippen molar-refractivity contribution in [3.8, 4) is 0 Å². The molecule has 0 aliphatic carbocycles. The van der Waals surface area contributed by atoms with Crippen LogP contribution in [-0.2, 0) is 19.2 Å². The molecule has 4 atom stereocenters. The lowest BCUT2D eigenvalue weighted by atomic mass is 10.0. The van der Waals surface area contributed by atoms with E-state index in [0.717, 1.165) is 0 Å². The van der Waals surface area contributed by atoms with E-state index in [-0.39, 0.29) is 18.3 Å². The van der Waals surface area contributed by atoms with Gasteiger partial charge in [0.15, 0.2) is 0 Å². The average molecular weight is 386 g/mol. The number of amides is 3. The summed E-state index contributed by atoms with van der Waals surface area (Å²) in [5.41, 5.74) is 5.78. The molecule has 0 bridgehead atoms. The number of hydrogen-bond donors (Lipinski definition) is 5. The Hall–Kier alpha value is -2.16. The lowest BCUT2D eigenvalue weighted by Crippen LogP contribution is -2.55. The third-order valence-electron chi connectivity index (χ3n) is 3.89. The molecule has 0 heterocycles. The molecular weight excluding hydrogens is 352 g/mol. The van der Waals surface area contributed by atoms with Crippen molar-refractivity contribution in [3.63, 3.8) is 0 Å². The number of nitrogens with two attached hydrogens (primary N) is 1. The number of carbonyl (C=O) groups is 4. The van der Waals surface area contributed by atoms with Crippen LogP contribution >= 0.6 is 0 Å². The standard InChI is InChI=1S/C18H34N4O5/c1-9(2)7-13(19)17(25)21-11(5)15(23)20-12(6)16(24)22-14(18(26)27)8-10(3)4/h9-14H,7-8,19H2,1-6H3,(H,20,23)(H,21,25)(H,22,24)(H,26,27). The van der Waals surface area contributed by atoms with Crippen LogP contribution in [0.4, 0.5) is 0 Å². The first-order valence-corrected chi connectivity index (χ1v) is 9.24. The molecule has 0 aromatic carbocycles. The fraction of sp³-hybridized carbons (Fsp3) is 0.778. The molecule has 0 aromatic rings. The van der Waals surface area contributed by atoms with E-state index in [1.54, 1.807) is 0 Å². The molecule has 156 valence electrons. The second-order valence-electron chi connectivity index (χ2n) is 7.73. The normalized spacial score (nSPS) is 15.6. The molecule has 0 aromatic heterocycles. The minimum Gasteiger partial charge on any atom is -0.480 e. The predicted octanol–water partition coefficient (Wildman–Crippen LogP) is -0.0153. The number of rotatable bonds is 11. The first-order chi connectivity index (χ1) is 12.3. The molecule has 4 unspecified atom stereocenters. The number of aliphatic carboxylic acids is 1. The van der Waals surface area contributed by atoms with Gasteiger partial charge < -0.3 is 26.8 Å². The third kappa shape index (κ3) is 9.93. The van der Waals surface area contributed by atoms with Crippen LogP contribution in [0.2, 0.25) is 0 Å². The molecule has 0 aliphatic rings. The molecular formula is C18H34N4O5. The largest absolute Gasteiger partial charge is 0.480 e. The van der Waals surface area contributed by atoms with E-state index >= 15 is 0 Å². The number of nitrogens with one attached hydrogen (secondary N) is 3. The van der Waals surface area contributed by atoms with Gasteiger partial charge in [0.2, 0.25) is 17.7 Å². The Kier molecular flexibility index (Phi) is 10.6. The Morgan fingerprint density at radius 1 is 0.741 bits per heavy atom. The molecule has 0 radical (unpaired) electrons. The van der Waals surface area contributed by atoms with Crippen molar-refractivity contribution >= 4 is 23.7 Å². The van der Waals surface area contributed by atoms with Gasteiger partial charge in [0.05, 0.1) is 6.04 Å². The van der Waals surface area contributed by atoms with E-state index in [4.69, 9.17) is 5.73 Å². The number of hydrogen-bond acceptors (Lipinski definition) is 5. The fourth-order valence-electron chi connectivity index (χ4n) is 2.39. The number of carbonyl (C=O) groups excluding carboxylic acids is 3. The van der Waals surface area contributed by atoms with E-state index in [9.17, 15) is 24.3 Å². The molecule has 0 saturated heterocycles. The summed E-state index contributed by atoms with van der Waals surface area (Å²) in [6.07, 6.45) is 0.771. The Morgan fingerprint density at radius 3 is 1.56 bits per heavy atom. The van der Waals surface area contributed by atoms with Gasteiger partial charge in [-0.15, -0.1) is 0 Å². The topological polar surface area (TPSA) is 151 Å². The summed E-state index contributed by atoms with van der Waals surface area (Å²) in [7, 11) is 0. The maximum absolute atomic E-state index is 12.2. The van der Waals surface area contributed by atoms with Crippen LogP contribution in [0.1, 0.15) is 54.4 Å². The van der Waals surface area contributed by atoms with Crippen LogP contribution in [0.3, 0.4) is 0 Å². The van der Waals surface area contributed by atoms with Crippen molar-refractivity contribution in [2.75, 3.05) is 0 Å². The van der Waals surface area contributed by atoms with E-state index in [1.807, 2.05) is 27.7 Å². The summed E-state index contributed by atoms with van der Waals surface area (Å²) in [5, 5.41) is 16.6. The quantitative estimate of drug-likeness (QED) is 0.337. The van der Waals surface area contributed by atoms with Crippen LogP contribution < -0.4 is 21.7 Å². The highest BCUT2D eigenvalue weighted by molar-refractivity contribution is 5.93. The first-order valence-electron chi connectivity index (χ1n) is 9.24. The molecule has 6 N–H and O–H groups in total. The first kappa shape index (κ1) is 24.8. The van der Waals surface area contributed by atoms with Crippen LogP contribution in [0.25, 0.3) is 0 Å². The molecule has 0 saturated carbocycles. The highest BCUT2D eigenvalue weighted by Crippen LogP contribution is 2.05. The minimum absolute atomic E-state index is 0.0848. The van der Waals surface area contributed by atoms with Crippen molar-refractivity contribution in [2.45, 2.75) is 78.6 Å². The van der Waals surface area contributed by atoms with Gasteiger partial charge in [0.25, 0.3) is 0 Å². The van der Waals surface area contributed by atoms with Gasteiger partial charge in [-0.1, -0.05) is 27.7 Å². The fourth-order valence-corrected chi connectivity index (χ4v) is 2.39. The Bertz CT molecular complexity index is 536. The van der Waals surface area contributed by atoms with Gasteiger partial charge in [-0.3, -0.25) is 14.4 Å². The number of carboxylic acids is 1. The second kappa shape index (κ2) is 11.5.